The third-order valence-electron chi connectivity index (χ3n) is 3.87. The Morgan fingerprint density at radius 1 is 1.04 bits per heavy atom. The molecule has 0 aliphatic heterocycles. The highest BCUT2D eigenvalue weighted by Gasteiger charge is 2.17. The number of carbonyl (C=O) groups is 2. The molecule has 138 valence electrons. The van der Waals surface area contributed by atoms with Gasteiger partial charge in [-0.1, -0.05) is 24.3 Å². The van der Waals surface area contributed by atoms with E-state index < -0.39 is 0 Å². The minimum atomic E-state index is -0.136. The normalized spacial score (nSPS) is 10.3. The van der Waals surface area contributed by atoms with Crippen molar-refractivity contribution < 1.29 is 19.1 Å². The fourth-order valence-corrected chi connectivity index (χ4v) is 2.46. The van der Waals surface area contributed by atoms with Crippen molar-refractivity contribution in [2.45, 2.75) is 6.54 Å². The van der Waals surface area contributed by atoms with Gasteiger partial charge in [-0.2, -0.15) is 0 Å². The second kappa shape index (κ2) is 9.58. The van der Waals surface area contributed by atoms with Crippen molar-refractivity contribution in [3.63, 3.8) is 0 Å². The van der Waals surface area contributed by atoms with E-state index >= 15 is 0 Å². The van der Waals surface area contributed by atoms with Gasteiger partial charge in [0.05, 0.1) is 12.2 Å². The number of nitrogens with one attached hydrogen (secondary N) is 1. The maximum atomic E-state index is 12.8. The van der Waals surface area contributed by atoms with Gasteiger partial charge in [0.25, 0.3) is 11.8 Å². The molecular weight excluding hydrogens is 332 g/mol. The van der Waals surface area contributed by atoms with Gasteiger partial charge in [0.1, 0.15) is 12.4 Å². The molecular formula is C20H24N2O4. The molecule has 0 fully saturated rings. The number of benzene rings is 2. The monoisotopic (exact) mass is 356 g/mol. The van der Waals surface area contributed by atoms with Crippen molar-refractivity contribution in [1.29, 1.82) is 0 Å². The molecule has 0 saturated carbocycles. The first-order valence-corrected chi connectivity index (χ1v) is 8.34. The molecule has 0 saturated heterocycles. The highest BCUT2D eigenvalue weighted by molar-refractivity contribution is 5.97. The summed E-state index contributed by atoms with van der Waals surface area (Å²) in [6.45, 7) is 1.26. The molecule has 6 heteroatoms. The summed E-state index contributed by atoms with van der Waals surface area (Å²) in [5, 5.41) is 2.58. The van der Waals surface area contributed by atoms with Gasteiger partial charge in [-0.3, -0.25) is 9.59 Å². The van der Waals surface area contributed by atoms with E-state index in [1.807, 2.05) is 24.3 Å². The van der Waals surface area contributed by atoms with E-state index in [1.54, 1.807) is 50.4 Å². The van der Waals surface area contributed by atoms with Crippen LogP contribution in [0, 0.1) is 0 Å². The fraction of sp³-hybridized carbons (Fsp3) is 0.300. The van der Waals surface area contributed by atoms with E-state index in [0.717, 1.165) is 5.56 Å². The van der Waals surface area contributed by atoms with Crippen LogP contribution >= 0.6 is 0 Å². The Labute approximate surface area is 153 Å². The van der Waals surface area contributed by atoms with Gasteiger partial charge in [0.15, 0.2) is 0 Å². The molecule has 0 aliphatic carbocycles. The molecule has 0 bridgehead atoms. The van der Waals surface area contributed by atoms with Crippen LogP contribution < -0.4 is 10.1 Å². The number of nitrogens with zero attached hydrogens (tertiary/aromatic N) is 1. The van der Waals surface area contributed by atoms with Gasteiger partial charge in [-0.25, -0.2) is 0 Å². The van der Waals surface area contributed by atoms with E-state index in [4.69, 9.17) is 9.47 Å². The number of ether oxygens (including phenoxy) is 2. The van der Waals surface area contributed by atoms with Crippen LogP contribution in [0.4, 0.5) is 0 Å². The van der Waals surface area contributed by atoms with Gasteiger partial charge in [-0.15, -0.1) is 0 Å². The number of para-hydroxylation sites is 1. The van der Waals surface area contributed by atoms with Crippen molar-refractivity contribution >= 4 is 11.8 Å². The van der Waals surface area contributed by atoms with Crippen LogP contribution in [0.5, 0.6) is 5.75 Å². The molecule has 0 radical (unpaired) electrons. The average molecular weight is 356 g/mol. The smallest absolute Gasteiger partial charge is 0.257 e. The summed E-state index contributed by atoms with van der Waals surface area (Å²) in [5.74, 6) is 0.271. The Bertz CT molecular complexity index is 744. The molecule has 26 heavy (non-hydrogen) atoms. The Morgan fingerprint density at radius 2 is 1.73 bits per heavy atom. The largest absolute Gasteiger partial charge is 0.490 e. The molecule has 0 unspecified atom stereocenters. The first-order chi connectivity index (χ1) is 12.6. The third kappa shape index (κ3) is 5.07. The summed E-state index contributed by atoms with van der Waals surface area (Å²) >= 11 is 0. The third-order valence-corrected chi connectivity index (χ3v) is 3.87. The van der Waals surface area contributed by atoms with E-state index in [1.165, 1.54) is 0 Å². The summed E-state index contributed by atoms with van der Waals surface area (Å²) < 4.78 is 10.6. The highest BCUT2D eigenvalue weighted by atomic mass is 16.5. The average Bonchev–Trinajstić information content (AvgIpc) is 2.68. The molecule has 0 atom stereocenters. The molecule has 1 N–H and O–H groups in total. The van der Waals surface area contributed by atoms with Crippen molar-refractivity contribution in [3.8, 4) is 5.75 Å². The first kappa shape index (κ1) is 19.5. The van der Waals surface area contributed by atoms with Gasteiger partial charge < -0.3 is 19.7 Å². The maximum absolute atomic E-state index is 12.8. The molecule has 2 amide bonds. The number of amides is 2. The Morgan fingerprint density at radius 3 is 2.38 bits per heavy atom. The van der Waals surface area contributed by atoms with Crippen LogP contribution in [0.1, 0.15) is 26.3 Å². The number of rotatable bonds is 8. The molecule has 0 aliphatic rings. The van der Waals surface area contributed by atoms with E-state index in [2.05, 4.69) is 5.32 Å². The molecule has 0 spiro atoms. The summed E-state index contributed by atoms with van der Waals surface area (Å²) in [5.41, 5.74) is 2.03. The predicted molar refractivity (Wildman–Crippen MR) is 99.4 cm³/mol. The summed E-state index contributed by atoms with van der Waals surface area (Å²) in [6, 6.07) is 14.3. The maximum Gasteiger partial charge on any atom is 0.257 e. The lowest BCUT2D eigenvalue weighted by Crippen LogP contribution is -2.27. The molecule has 2 rings (SSSR count). The zero-order chi connectivity index (χ0) is 18.9. The fourth-order valence-electron chi connectivity index (χ4n) is 2.46. The summed E-state index contributed by atoms with van der Waals surface area (Å²) in [4.78, 5) is 26.0. The zero-order valence-corrected chi connectivity index (χ0v) is 15.3. The quantitative estimate of drug-likeness (QED) is 0.737. The summed E-state index contributed by atoms with van der Waals surface area (Å²) in [7, 11) is 4.93. The number of hydrogen-bond acceptors (Lipinski definition) is 4. The van der Waals surface area contributed by atoms with E-state index in [-0.39, 0.29) is 11.8 Å². The standard InChI is InChI=1S/C20H24N2O4/c1-21-19(23)16-10-8-15(9-11-16)14-22(2)20(24)17-6-4-5-7-18(17)26-13-12-25-3/h4-11H,12-14H2,1-3H3,(H,21,23). The molecule has 2 aromatic carbocycles. The van der Waals surface area contributed by atoms with Crippen LogP contribution in [-0.2, 0) is 11.3 Å². The van der Waals surface area contributed by atoms with Crippen LogP contribution in [0.15, 0.2) is 48.5 Å². The SMILES string of the molecule is CNC(=O)c1ccc(CN(C)C(=O)c2ccccc2OCCOC)cc1. The molecule has 6 nitrogen and oxygen atoms in total. The van der Waals surface area contributed by atoms with Crippen molar-refractivity contribution in [3.05, 3.63) is 65.2 Å². The van der Waals surface area contributed by atoms with Crippen LogP contribution in [0.3, 0.4) is 0 Å². The van der Waals surface area contributed by atoms with Crippen LogP contribution in [0.25, 0.3) is 0 Å². The predicted octanol–water partition coefficient (Wildman–Crippen LogP) is 2.34. The van der Waals surface area contributed by atoms with E-state index in [0.29, 0.717) is 36.6 Å². The molecule has 0 aromatic heterocycles. The Balaban J connectivity index is 2.06. The van der Waals surface area contributed by atoms with Gasteiger partial charge in [0.2, 0.25) is 0 Å². The first-order valence-electron chi connectivity index (χ1n) is 8.34. The highest BCUT2D eigenvalue weighted by Crippen LogP contribution is 2.20. The number of methoxy groups -OCH3 is 1. The van der Waals surface area contributed by atoms with E-state index in [9.17, 15) is 9.59 Å². The molecule has 0 heterocycles. The van der Waals surface area contributed by atoms with Gasteiger partial charge in [-0.05, 0) is 29.8 Å². The minimum Gasteiger partial charge on any atom is -0.490 e. The van der Waals surface area contributed by atoms with Crippen molar-refractivity contribution in [2.24, 2.45) is 0 Å². The molecule has 2 aromatic rings. The van der Waals surface area contributed by atoms with Gasteiger partial charge in [0, 0.05) is 33.3 Å². The van der Waals surface area contributed by atoms with Crippen molar-refractivity contribution in [1.82, 2.24) is 10.2 Å². The Hall–Kier alpha value is -2.86. The second-order valence-electron chi connectivity index (χ2n) is 5.77. The number of carbonyl (C=O) groups excluding carboxylic acids is 2. The van der Waals surface area contributed by atoms with Crippen molar-refractivity contribution in [2.75, 3.05) is 34.4 Å². The Kier molecular flexibility index (Phi) is 7.17. The topological polar surface area (TPSA) is 67.9 Å². The lowest BCUT2D eigenvalue weighted by molar-refractivity contribution is 0.0777. The summed E-state index contributed by atoms with van der Waals surface area (Å²) in [6.07, 6.45) is 0. The van der Waals surface area contributed by atoms with Crippen LogP contribution in [-0.4, -0.2) is 51.1 Å². The number of hydrogen-bond donors (Lipinski definition) is 1. The van der Waals surface area contributed by atoms with Gasteiger partial charge >= 0.3 is 0 Å². The zero-order valence-electron chi connectivity index (χ0n) is 15.3. The lowest BCUT2D eigenvalue weighted by Gasteiger charge is -2.19. The second-order valence-corrected chi connectivity index (χ2v) is 5.77. The minimum absolute atomic E-state index is 0.131. The lowest BCUT2D eigenvalue weighted by atomic mass is 10.1. The van der Waals surface area contributed by atoms with Crippen LogP contribution in [0.2, 0.25) is 0 Å².